The SMILES string of the molecule is Cc1cc(C)nc(/N=c2/ssnc2Cl)n1. The van der Waals surface area contributed by atoms with Gasteiger partial charge in [0, 0.05) is 21.9 Å². The molecule has 0 radical (unpaired) electrons. The fourth-order valence-corrected chi connectivity index (χ4v) is 3.04. The molecule has 0 aliphatic rings. The number of hydrogen-bond donors (Lipinski definition) is 0. The van der Waals surface area contributed by atoms with Crippen LogP contribution in [0.4, 0.5) is 5.95 Å². The van der Waals surface area contributed by atoms with E-state index in [2.05, 4.69) is 19.3 Å². The Hall–Kier alpha value is -0.850. The van der Waals surface area contributed by atoms with Crippen molar-refractivity contribution in [1.82, 2.24) is 14.3 Å². The summed E-state index contributed by atoms with van der Waals surface area (Å²) in [6.07, 6.45) is 0. The lowest BCUT2D eigenvalue weighted by Crippen LogP contribution is -1.96. The molecule has 0 spiro atoms. The predicted molar refractivity (Wildman–Crippen MR) is 61.7 cm³/mol. The number of halogens is 1. The molecule has 2 aromatic heterocycles. The van der Waals surface area contributed by atoms with E-state index >= 15 is 0 Å². The van der Waals surface area contributed by atoms with Crippen molar-refractivity contribution < 1.29 is 0 Å². The number of hydrogen-bond acceptors (Lipinski definition) is 6. The fraction of sp³-hybridized carbons (Fsp3) is 0.250. The van der Waals surface area contributed by atoms with Crippen LogP contribution in [0.3, 0.4) is 0 Å². The molecule has 0 fully saturated rings. The molecule has 2 aromatic rings. The van der Waals surface area contributed by atoms with Crippen molar-refractivity contribution in [2.75, 3.05) is 0 Å². The number of rotatable bonds is 1. The van der Waals surface area contributed by atoms with Gasteiger partial charge in [-0.15, -0.1) is 0 Å². The third-order valence-corrected chi connectivity index (χ3v) is 3.75. The second kappa shape index (κ2) is 4.34. The topological polar surface area (TPSA) is 51.0 Å². The van der Waals surface area contributed by atoms with Crippen molar-refractivity contribution in [3.8, 4) is 0 Å². The van der Waals surface area contributed by atoms with Crippen LogP contribution in [-0.4, -0.2) is 14.3 Å². The maximum absolute atomic E-state index is 5.83. The van der Waals surface area contributed by atoms with Gasteiger partial charge in [-0.2, -0.15) is 9.37 Å². The van der Waals surface area contributed by atoms with Crippen LogP contribution >= 0.6 is 32.5 Å². The molecule has 4 nitrogen and oxygen atoms in total. The first-order valence-electron chi connectivity index (χ1n) is 4.13. The summed E-state index contributed by atoms with van der Waals surface area (Å²) in [5.41, 5.74) is 1.79. The largest absolute Gasteiger partial charge is 0.251 e. The van der Waals surface area contributed by atoms with Gasteiger partial charge in [0.25, 0.3) is 5.95 Å². The Morgan fingerprint density at radius 3 is 2.47 bits per heavy atom. The third-order valence-electron chi connectivity index (χ3n) is 1.58. The highest BCUT2D eigenvalue weighted by Gasteiger charge is 2.00. The van der Waals surface area contributed by atoms with Gasteiger partial charge < -0.3 is 0 Å². The van der Waals surface area contributed by atoms with Gasteiger partial charge in [-0.1, -0.05) is 11.6 Å². The van der Waals surface area contributed by atoms with Crippen LogP contribution in [0.5, 0.6) is 0 Å². The van der Waals surface area contributed by atoms with Gasteiger partial charge in [0.15, 0.2) is 9.82 Å². The summed E-state index contributed by atoms with van der Waals surface area (Å²) in [4.78, 5) is 12.6. The highest BCUT2D eigenvalue weighted by molar-refractivity contribution is 7.66. The quantitative estimate of drug-likeness (QED) is 0.739. The molecular formula is C8H7ClN4S2. The van der Waals surface area contributed by atoms with Crippen LogP contribution in [0.2, 0.25) is 5.15 Å². The van der Waals surface area contributed by atoms with Crippen LogP contribution in [0, 0.1) is 13.8 Å². The summed E-state index contributed by atoms with van der Waals surface area (Å²) in [5, 5.41) is 0.410. The molecular weight excluding hydrogens is 252 g/mol. The van der Waals surface area contributed by atoms with E-state index in [1.807, 2.05) is 19.9 Å². The van der Waals surface area contributed by atoms with Crippen molar-refractivity contribution in [3.05, 3.63) is 27.3 Å². The predicted octanol–water partition coefficient (Wildman–Crippen LogP) is 2.50. The van der Waals surface area contributed by atoms with E-state index in [1.165, 1.54) is 20.9 Å². The van der Waals surface area contributed by atoms with E-state index in [1.54, 1.807) is 0 Å². The maximum atomic E-state index is 5.83. The molecule has 0 saturated carbocycles. The maximum Gasteiger partial charge on any atom is 0.251 e. The summed E-state index contributed by atoms with van der Waals surface area (Å²) in [6, 6.07) is 1.90. The van der Waals surface area contributed by atoms with E-state index < -0.39 is 0 Å². The zero-order valence-electron chi connectivity index (χ0n) is 8.06. The Labute approximate surface area is 98.9 Å². The molecule has 2 rings (SSSR count). The highest BCUT2D eigenvalue weighted by atomic mass is 35.5. The van der Waals surface area contributed by atoms with Gasteiger partial charge in [0.1, 0.15) is 0 Å². The lowest BCUT2D eigenvalue weighted by Gasteiger charge is -1.96. The van der Waals surface area contributed by atoms with Gasteiger partial charge in [-0.3, -0.25) is 0 Å². The Morgan fingerprint density at radius 2 is 1.93 bits per heavy atom. The molecule has 0 unspecified atom stereocenters. The molecule has 0 saturated heterocycles. The highest BCUT2D eigenvalue weighted by Crippen LogP contribution is 2.10. The van der Waals surface area contributed by atoms with Crippen molar-refractivity contribution >= 4 is 38.4 Å². The van der Waals surface area contributed by atoms with Gasteiger partial charge in [-0.25, -0.2) is 9.97 Å². The molecule has 0 N–H and O–H groups in total. The first-order valence-corrected chi connectivity index (χ1v) is 6.62. The monoisotopic (exact) mass is 258 g/mol. The van der Waals surface area contributed by atoms with E-state index in [0.29, 0.717) is 15.8 Å². The van der Waals surface area contributed by atoms with Gasteiger partial charge in [0.2, 0.25) is 0 Å². The fourth-order valence-electron chi connectivity index (χ4n) is 1.07. The average Bonchev–Trinajstić information content (AvgIpc) is 2.50. The molecule has 0 amide bonds. The van der Waals surface area contributed by atoms with Crippen LogP contribution in [0.25, 0.3) is 0 Å². The Bertz CT molecular complexity index is 525. The molecule has 0 aromatic carbocycles. The molecule has 0 atom stereocenters. The van der Waals surface area contributed by atoms with Crippen molar-refractivity contribution in [3.63, 3.8) is 0 Å². The minimum absolute atomic E-state index is 0.410. The summed E-state index contributed by atoms with van der Waals surface area (Å²) < 4.78 is 4.59. The van der Waals surface area contributed by atoms with Crippen molar-refractivity contribution in [2.45, 2.75) is 13.8 Å². The van der Waals surface area contributed by atoms with E-state index in [-0.39, 0.29) is 0 Å². The normalized spacial score (nSPS) is 12.1. The number of aryl methyl sites for hydroxylation is 2. The average molecular weight is 259 g/mol. The minimum atomic E-state index is 0.410. The van der Waals surface area contributed by atoms with Crippen LogP contribution in [0.15, 0.2) is 11.1 Å². The summed E-state index contributed by atoms with van der Waals surface area (Å²) >= 11 is 5.83. The Balaban J connectivity index is 2.53. The first kappa shape index (κ1) is 10.7. The van der Waals surface area contributed by atoms with Crippen LogP contribution in [0.1, 0.15) is 11.4 Å². The van der Waals surface area contributed by atoms with Crippen LogP contribution < -0.4 is 4.67 Å². The minimum Gasteiger partial charge on any atom is -0.216 e. The summed E-state index contributed by atoms with van der Waals surface area (Å²) in [6.45, 7) is 3.81. The molecule has 2 heterocycles. The summed E-state index contributed by atoms with van der Waals surface area (Å²) in [5.74, 6) is 0.436. The molecule has 78 valence electrons. The molecule has 7 heteroatoms. The van der Waals surface area contributed by atoms with Gasteiger partial charge in [0.05, 0.1) is 0 Å². The Morgan fingerprint density at radius 1 is 1.27 bits per heavy atom. The second-order valence-electron chi connectivity index (χ2n) is 2.91. The number of aromatic nitrogens is 3. The summed E-state index contributed by atoms with van der Waals surface area (Å²) in [7, 11) is 2.71. The zero-order valence-corrected chi connectivity index (χ0v) is 10.4. The Kier molecular flexibility index (Phi) is 3.08. The molecule has 15 heavy (non-hydrogen) atoms. The van der Waals surface area contributed by atoms with Crippen LogP contribution in [-0.2, 0) is 0 Å². The van der Waals surface area contributed by atoms with E-state index in [4.69, 9.17) is 11.6 Å². The first-order chi connectivity index (χ1) is 7.15. The number of nitrogens with zero attached hydrogens (tertiary/aromatic N) is 4. The lowest BCUT2D eigenvalue weighted by molar-refractivity contribution is 1.03. The zero-order chi connectivity index (χ0) is 10.8. The second-order valence-corrected chi connectivity index (χ2v) is 5.10. The van der Waals surface area contributed by atoms with Gasteiger partial charge >= 0.3 is 0 Å². The van der Waals surface area contributed by atoms with Crippen molar-refractivity contribution in [2.24, 2.45) is 4.99 Å². The van der Waals surface area contributed by atoms with E-state index in [0.717, 1.165) is 11.4 Å². The standard InChI is InChI=1S/C8H7ClN4S2/c1-4-3-5(2)11-8(10-4)12-7-6(9)13-15-14-7/h3H,1-2H3/b12-7+. The molecule has 0 aliphatic carbocycles. The van der Waals surface area contributed by atoms with Gasteiger partial charge in [-0.05, 0) is 30.3 Å². The smallest absolute Gasteiger partial charge is 0.216 e. The van der Waals surface area contributed by atoms with Crippen molar-refractivity contribution in [1.29, 1.82) is 0 Å². The molecule has 0 bridgehead atoms. The third kappa shape index (κ3) is 2.58. The molecule has 0 aliphatic heterocycles. The lowest BCUT2D eigenvalue weighted by atomic mass is 10.4. The van der Waals surface area contributed by atoms with E-state index in [9.17, 15) is 0 Å².